The van der Waals surface area contributed by atoms with Gasteiger partial charge in [0.25, 0.3) is 0 Å². The van der Waals surface area contributed by atoms with Gasteiger partial charge in [0, 0.05) is 36.6 Å². The summed E-state index contributed by atoms with van der Waals surface area (Å²) in [4.78, 5) is 13.0. The highest BCUT2D eigenvalue weighted by Gasteiger charge is 2.22. The molecular weight excluding hydrogens is 446 g/mol. The van der Waals surface area contributed by atoms with E-state index in [1.165, 1.54) is 23.8 Å². The molecule has 3 aromatic rings. The zero-order chi connectivity index (χ0) is 22.7. The second-order valence-electron chi connectivity index (χ2n) is 8.14. The van der Waals surface area contributed by atoms with Crippen LogP contribution in [0.4, 0.5) is 25.8 Å². The molecule has 0 unspecified atom stereocenters. The predicted octanol–water partition coefficient (Wildman–Crippen LogP) is 6.41. The first kappa shape index (κ1) is 24.5. The lowest BCUT2D eigenvalue weighted by Gasteiger charge is -2.34. The second-order valence-corrected chi connectivity index (χ2v) is 8.14. The number of carboxylic acid groups (broad SMARTS) is 1. The van der Waals surface area contributed by atoms with Crippen molar-refractivity contribution in [2.45, 2.75) is 39.2 Å². The minimum Gasteiger partial charge on any atom is -0.481 e. The van der Waals surface area contributed by atoms with Gasteiger partial charge in [0.15, 0.2) is 0 Å². The number of aliphatic carboxylic acids is 1. The summed E-state index contributed by atoms with van der Waals surface area (Å²) in [5, 5.41) is 12.1. The normalized spacial score (nSPS) is 12.6. The van der Waals surface area contributed by atoms with E-state index in [2.05, 4.69) is 29.3 Å². The number of hydrogen-bond acceptors (Lipinski definition) is 3. The van der Waals surface area contributed by atoms with Gasteiger partial charge in [-0.05, 0) is 84.8 Å². The summed E-state index contributed by atoms with van der Waals surface area (Å²) in [6.45, 7) is 3.50. The number of carboxylic acids is 1. The molecule has 33 heavy (non-hydrogen) atoms. The molecule has 3 aromatic carbocycles. The van der Waals surface area contributed by atoms with Crippen molar-refractivity contribution in [2.75, 3.05) is 16.8 Å². The van der Waals surface area contributed by atoms with E-state index in [4.69, 9.17) is 5.11 Å². The van der Waals surface area contributed by atoms with Gasteiger partial charge in [-0.15, -0.1) is 12.4 Å². The van der Waals surface area contributed by atoms with Gasteiger partial charge < -0.3 is 15.3 Å². The Morgan fingerprint density at radius 2 is 1.79 bits per heavy atom. The Morgan fingerprint density at radius 1 is 1.06 bits per heavy atom. The number of nitrogens with one attached hydrogen (secondary N) is 1. The van der Waals surface area contributed by atoms with Crippen LogP contribution in [0.2, 0.25) is 0 Å². The molecule has 0 aliphatic carbocycles. The van der Waals surface area contributed by atoms with Gasteiger partial charge in [0.1, 0.15) is 11.6 Å². The molecule has 4 nitrogen and oxygen atoms in total. The summed E-state index contributed by atoms with van der Waals surface area (Å²) < 4.78 is 27.7. The Kier molecular flexibility index (Phi) is 7.92. The monoisotopic (exact) mass is 472 g/mol. The van der Waals surface area contributed by atoms with Crippen LogP contribution in [0.3, 0.4) is 0 Å². The van der Waals surface area contributed by atoms with Crippen molar-refractivity contribution >= 4 is 35.4 Å². The van der Waals surface area contributed by atoms with E-state index in [1.54, 1.807) is 12.1 Å². The lowest BCUT2D eigenvalue weighted by Crippen LogP contribution is -2.26. The van der Waals surface area contributed by atoms with Crippen LogP contribution in [-0.2, 0) is 24.2 Å². The van der Waals surface area contributed by atoms with Crippen LogP contribution >= 0.6 is 12.4 Å². The average Bonchev–Trinajstić information content (AvgIpc) is 2.78. The van der Waals surface area contributed by atoms with E-state index >= 15 is 0 Å². The van der Waals surface area contributed by atoms with Gasteiger partial charge in [-0.2, -0.15) is 0 Å². The largest absolute Gasteiger partial charge is 0.481 e. The zero-order valence-electron chi connectivity index (χ0n) is 18.4. The third-order valence-corrected chi connectivity index (χ3v) is 6.01. The third-order valence-electron chi connectivity index (χ3n) is 6.01. The molecule has 7 heteroatoms. The summed E-state index contributed by atoms with van der Waals surface area (Å²) in [5.41, 5.74) is 6.71. The van der Waals surface area contributed by atoms with Crippen molar-refractivity contribution in [2.24, 2.45) is 0 Å². The fourth-order valence-electron chi connectivity index (χ4n) is 4.28. The Morgan fingerprint density at radius 3 is 2.48 bits per heavy atom. The number of aryl methyl sites for hydroxylation is 2. The maximum absolute atomic E-state index is 14.3. The molecule has 0 radical (unpaired) electrons. The minimum atomic E-state index is -0.941. The first-order chi connectivity index (χ1) is 15.4. The highest BCUT2D eigenvalue weighted by Crippen LogP contribution is 2.37. The third kappa shape index (κ3) is 5.63. The number of halogens is 3. The molecule has 174 valence electrons. The molecule has 1 aliphatic heterocycles. The van der Waals surface area contributed by atoms with Crippen molar-refractivity contribution in [3.63, 3.8) is 0 Å². The molecule has 1 heterocycles. The van der Waals surface area contributed by atoms with Crippen LogP contribution in [0.25, 0.3) is 0 Å². The van der Waals surface area contributed by atoms with Crippen LogP contribution in [0, 0.1) is 18.6 Å². The molecule has 0 bridgehead atoms. The Labute approximate surface area is 198 Å². The van der Waals surface area contributed by atoms with Crippen molar-refractivity contribution in [1.82, 2.24) is 0 Å². The van der Waals surface area contributed by atoms with Gasteiger partial charge in [-0.3, -0.25) is 4.79 Å². The fraction of sp³-hybridized carbons (Fsp3) is 0.269. The van der Waals surface area contributed by atoms with Gasteiger partial charge in [-0.25, -0.2) is 8.78 Å². The molecule has 0 fully saturated rings. The van der Waals surface area contributed by atoms with Crippen molar-refractivity contribution in [3.05, 3.63) is 88.5 Å². The molecular formula is C26H27ClF2N2O2. The first-order valence-electron chi connectivity index (χ1n) is 10.8. The molecule has 0 saturated carbocycles. The number of carbonyl (C=O) groups is 1. The summed E-state index contributed by atoms with van der Waals surface area (Å²) in [7, 11) is 0. The summed E-state index contributed by atoms with van der Waals surface area (Å²) in [6, 6.07) is 15.7. The van der Waals surface area contributed by atoms with Crippen LogP contribution in [0.15, 0.2) is 54.6 Å². The maximum atomic E-state index is 14.3. The molecule has 4 rings (SSSR count). The molecule has 1 aliphatic rings. The first-order valence-corrected chi connectivity index (χ1v) is 10.8. The summed E-state index contributed by atoms with van der Waals surface area (Å²) >= 11 is 0. The van der Waals surface area contributed by atoms with E-state index in [0.717, 1.165) is 41.9 Å². The lowest BCUT2D eigenvalue weighted by molar-refractivity contribution is -0.136. The SMILES string of the molecule is Cc1c(CNc2ccc(CCC(=O)O)c(F)c2)ccc2c1N(c1ccc(F)cc1)CCC2.Cl. The lowest BCUT2D eigenvalue weighted by atomic mass is 9.94. The highest BCUT2D eigenvalue weighted by molar-refractivity contribution is 5.85. The van der Waals surface area contributed by atoms with Crippen LogP contribution in [0.1, 0.15) is 35.1 Å². The topological polar surface area (TPSA) is 52.6 Å². The Hall–Kier alpha value is -3.12. The van der Waals surface area contributed by atoms with Crippen molar-refractivity contribution < 1.29 is 18.7 Å². The molecule has 2 N–H and O–H groups in total. The van der Waals surface area contributed by atoms with Gasteiger partial charge in [0.2, 0.25) is 0 Å². The van der Waals surface area contributed by atoms with E-state index in [9.17, 15) is 13.6 Å². The standard InChI is InChI=1S/C26H26F2N2O2.ClH/c1-17-20(16-29-22-10-6-18(24(28)15-22)7-13-25(31)32)5-4-19-3-2-14-30(26(17)19)23-11-8-21(27)9-12-23;/h4-6,8-12,15,29H,2-3,7,13-14,16H2,1H3,(H,31,32);1H. The number of fused-ring (bicyclic) bond motifs is 1. The van der Waals surface area contributed by atoms with Crippen molar-refractivity contribution in [3.8, 4) is 0 Å². The minimum absolute atomic E-state index is 0. The molecule has 0 amide bonds. The number of benzene rings is 3. The second kappa shape index (κ2) is 10.7. The van der Waals surface area contributed by atoms with Gasteiger partial charge >= 0.3 is 5.97 Å². The van der Waals surface area contributed by atoms with Crippen LogP contribution in [-0.4, -0.2) is 17.6 Å². The fourth-order valence-corrected chi connectivity index (χ4v) is 4.28. The number of anilines is 3. The number of hydrogen-bond donors (Lipinski definition) is 2. The molecule has 0 aromatic heterocycles. The molecule has 0 atom stereocenters. The summed E-state index contributed by atoms with van der Waals surface area (Å²) in [5.74, 6) is -1.59. The quantitative estimate of drug-likeness (QED) is 0.417. The molecule has 0 saturated heterocycles. The van der Waals surface area contributed by atoms with Gasteiger partial charge in [-0.1, -0.05) is 18.2 Å². The smallest absolute Gasteiger partial charge is 0.303 e. The van der Waals surface area contributed by atoms with Gasteiger partial charge in [0.05, 0.1) is 0 Å². The number of rotatable bonds is 7. The molecule has 0 spiro atoms. The maximum Gasteiger partial charge on any atom is 0.303 e. The zero-order valence-corrected chi connectivity index (χ0v) is 19.2. The highest BCUT2D eigenvalue weighted by atomic mass is 35.5. The Balaban J connectivity index is 0.00000306. The summed E-state index contributed by atoms with van der Waals surface area (Å²) in [6.07, 6.45) is 2.12. The van der Waals surface area contributed by atoms with E-state index in [-0.39, 0.29) is 31.1 Å². The average molecular weight is 473 g/mol. The van der Waals surface area contributed by atoms with E-state index < -0.39 is 11.8 Å². The van der Waals surface area contributed by atoms with Crippen molar-refractivity contribution in [1.29, 1.82) is 0 Å². The number of nitrogens with zero attached hydrogens (tertiary/aromatic N) is 1. The Bertz CT molecular complexity index is 1140. The van der Waals surface area contributed by atoms with Crippen LogP contribution < -0.4 is 10.2 Å². The van der Waals surface area contributed by atoms with E-state index in [1.807, 2.05) is 12.1 Å². The predicted molar refractivity (Wildman–Crippen MR) is 130 cm³/mol. The van der Waals surface area contributed by atoms with Crippen LogP contribution in [0.5, 0.6) is 0 Å². The van der Waals surface area contributed by atoms with E-state index in [0.29, 0.717) is 17.8 Å².